The number of hydrogen-bond donors (Lipinski definition) is 2. The second kappa shape index (κ2) is 10.0. The number of hydrogen-bond acceptors (Lipinski definition) is 13. The fourth-order valence-corrected chi connectivity index (χ4v) is 9.04. The molecular formula is C30H32N2O10S. The highest BCUT2D eigenvalue weighted by atomic mass is 32.2. The van der Waals surface area contributed by atoms with Gasteiger partial charge in [0.25, 0.3) is 0 Å². The van der Waals surface area contributed by atoms with Gasteiger partial charge in [-0.15, -0.1) is 11.8 Å². The number of nitrogens with zero attached hydrogens (tertiary/aromatic N) is 2. The van der Waals surface area contributed by atoms with E-state index in [-0.39, 0.29) is 36.7 Å². The molecule has 5 heterocycles. The Morgan fingerprint density at radius 1 is 1.09 bits per heavy atom. The third kappa shape index (κ3) is 3.91. The quantitative estimate of drug-likeness (QED) is 0.291. The lowest BCUT2D eigenvalue weighted by atomic mass is 9.73. The number of benzene rings is 2. The van der Waals surface area contributed by atoms with Crippen LogP contribution in [0.5, 0.6) is 28.7 Å². The maximum absolute atomic E-state index is 12.9. The molecule has 0 amide bonds. The standard InChI is InChI=1S/C30H32N2O10S/c1-11-6-14-7-15-29(36)32-16-8-39-30(37)17(34)9-43-28(22(32)21(31(15)4)18(14)23(35)24(11)38-5)20-19(16)27-26(40-10-41-27)12(2)25(20)42-13(3)33/h6,15-16,21-22,28-29,35-36H,7-10H2,1-5H3/t15-,16-,21+,22+,28-,29-/m0/s1. The zero-order chi connectivity index (χ0) is 30.5. The molecule has 0 spiro atoms. The Labute approximate surface area is 251 Å². The number of aryl methyl sites for hydroxylation is 1. The zero-order valence-electron chi connectivity index (χ0n) is 24.3. The highest BCUT2D eigenvalue weighted by molar-refractivity contribution is 8.00. The monoisotopic (exact) mass is 612 g/mol. The van der Waals surface area contributed by atoms with Gasteiger partial charge in [-0.2, -0.15) is 0 Å². The number of ether oxygens (including phenoxy) is 5. The SMILES string of the molecule is COc1c(C)cc2c(c1O)[C@@H]1[C@@H]3[C@H]4SCC(=O)C(=O)OC[C@@H](c5c6c(c(C)c(OC(C)=O)c54)OCO6)N3[C@@H](O)[C@H](C2)N1C. The molecule has 0 unspecified atom stereocenters. The second-order valence-electron chi connectivity index (χ2n) is 11.6. The minimum atomic E-state index is -1.03. The first-order chi connectivity index (χ1) is 20.5. The Balaban J connectivity index is 1.55. The Morgan fingerprint density at radius 2 is 1.84 bits per heavy atom. The van der Waals surface area contributed by atoms with Crippen LogP contribution in [-0.4, -0.2) is 89.4 Å². The second-order valence-corrected chi connectivity index (χ2v) is 12.7. The number of esters is 2. The van der Waals surface area contributed by atoms with Gasteiger partial charge in [-0.1, -0.05) is 6.07 Å². The number of aliphatic hydroxyl groups excluding tert-OH is 1. The summed E-state index contributed by atoms with van der Waals surface area (Å²) in [6, 6.07) is -0.238. The van der Waals surface area contributed by atoms with Crippen molar-refractivity contribution in [2.45, 2.75) is 62.8 Å². The summed E-state index contributed by atoms with van der Waals surface area (Å²) in [5.74, 6) is -0.882. The number of thioether (sulfide) groups is 1. The molecule has 7 rings (SSSR count). The highest BCUT2D eigenvalue weighted by Gasteiger charge is 2.60. The van der Waals surface area contributed by atoms with Gasteiger partial charge < -0.3 is 33.9 Å². The van der Waals surface area contributed by atoms with E-state index in [1.165, 1.54) is 25.8 Å². The molecule has 0 aromatic heterocycles. The number of rotatable bonds is 2. The number of Topliss-reactive ketones (excluding diaryl/α,β-unsaturated/α-hetero) is 1. The normalized spacial score (nSPS) is 29.3. The van der Waals surface area contributed by atoms with Gasteiger partial charge in [-0.25, -0.2) is 4.79 Å². The lowest BCUT2D eigenvalue weighted by Gasteiger charge is -2.61. The molecule has 2 fully saturated rings. The summed E-state index contributed by atoms with van der Waals surface area (Å²) >= 11 is 1.21. The van der Waals surface area contributed by atoms with Crippen LogP contribution in [0.25, 0.3) is 0 Å². The van der Waals surface area contributed by atoms with Gasteiger partial charge in [0, 0.05) is 35.2 Å². The van der Waals surface area contributed by atoms with Crippen molar-refractivity contribution in [2.24, 2.45) is 0 Å². The molecule has 0 aliphatic carbocycles. The van der Waals surface area contributed by atoms with Crippen LogP contribution in [0.3, 0.4) is 0 Å². The summed E-state index contributed by atoms with van der Waals surface area (Å²) in [4.78, 5) is 42.0. The Hall–Kier alpha value is -3.52. The first kappa shape index (κ1) is 28.3. The summed E-state index contributed by atoms with van der Waals surface area (Å²) < 4.78 is 28.9. The van der Waals surface area contributed by atoms with Crippen LogP contribution in [0.1, 0.15) is 57.6 Å². The molecule has 0 saturated carbocycles. The van der Waals surface area contributed by atoms with Gasteiger partial charge >= 0.3 is 11.9 Å². The van der Waals surface area contributed by atoms with E-state index in [9.17, 15) is 24.6 Å². The molecule has 2 aromatic carbocycles. The Bertz CT molecular complexity index is 1590. The number of carbonyl (C=O) groups is 3. The molecule has 13 heteroatoms. The van der Waals surface area contributed by atoms with Crippen molar-refractivity contribution in [3.8, 4) is 28.7 Å². The van der Waals surface area contributed by atoms with Crippen LogP contribution in [0.4, 0.5) is 0 Å². The van der Waals surface area contributed by atoms with Crippen LogP contribution < -0.4 is 18.9 Å². The maximum Gasteiger partial charge on any atom is 0.375 e. The van der Waals surface area contributed by atoms with Gasteiger partial charge in [0.15, 0.2) is 23.0 Å². The summed E-state index contributed by atoms with van der Waals surface area (Å²) in [5, 5.41) is 23.2. The lowest BCUT2D eigenvalue weighted by molar-refractivity contribution is -0.184. The fourth-order valence-electron chi connectivity index (χ4n) is 7.71. The number of cyclic esters (lactones) is 1. The van der Waals surface area contributed by atoms with Crippen molar-refractivity contribution >= 4 is 29.5 Å². The maximum atomic E-state index is 12.9. The first-order valence-electron chi connectivity index (χ1n) is 14.1. The van der Waals surface area contributed by atoms with Crippen molar-refractivity contribution in [1.82, 2.24) is 9.80 Å². The number of piperazine rings is 1. The van der Waals surface area contributed by atoms with Crippen molar-refractivity contribution in [1.29, 1.82) is 0 Å². The van der Waals surface area contributed by atoms with Crippen molar-refractivity contribution < 1.29 is 48.3 Å². The van der Waals surface area contributed by atoms with Crippen LogP contribution >= 0.6 is 11.8 Å². The molecule has 0 radical (unpaired) electrons. The predicted octanol–water partition coefficient (Wildman–Crippen LogP) is 2.23. The Morgan fingerprint density at radius 3 is 2.56 bits per heavy atom. The molecule has 2 saturated heterocycles. The van der Waals surface area contributed by atoms with Crippen LogP contribution in [0.2, 0.25) is 0 Å². The summed E-state index contributed by atoms with van der Waals surface area (Å²) in [5.41, 5.74) is 4.10. The Kier molecular flexibility index (Phi) is 6.58. The smallest absolute Gasteiger partial charge is 0.375 e. The molecule has 12 nitrogen and oxygen atoms in total. The third-order valence-electron chi connectivity index (χ3n) is 9.37. The minimum absolute atomic E-state index is 0.0203. The number of aromatic hydroxyl groups is 1. The number of methoxy groups -OCH3 is 1. The average Bonchev–Trinajstić information content (AvgIpc) is 3.45. The number of phenolic OH excluding ortho intramolecular Hbond substituents is 1. The van der Waals surface area contributed by atoms with Crippen molar-refractivity contribution in [3.63, 3.8) is 0 Å². The number of aliphatic hydroxyl groups is 1. The van der Waals surface area contributed by atoms with Crippen molar-refractivity contribution in [2.75, 3.05) is 33.3 Å². The van der Waals surface area contributed by atoms with Gasteiger partial charge in [0.2, 0.25) is 12.6 Å². The van der Waals surface area contributed by atoms with Gasteiger partial charge in [0.1, 0.15) is 18.6 Å². The van der Waals surface area contributed by atoms with E-state index >= 15 is 0 Å². The van der Waals surface area contributed by atoms with E-state index in [1.807, 2.05) is 24.9 Å². The average molecular weight is 613 g/mol. The van der Waals surface area contributed by atoms with Gasteiger partial charge in [0.05, 0.1) is 36.2 Å². The molecule has 228 valence electrons. The molecular weight excluding hydrogens is 580 g/mol. The summed E-state index contributed by atoms with van der Waals surface area (Å²) in [7, 11) is 3.42. The molecule has 5 aliphatic heterocycles. The van der Waals surface area contributed by atoms with Crippen LogP contribution in [-0.2, 0) is 25.5 Å². The minimum Gasteiger partial charge on any atom is -0.504 e. The predicted molar refractivity (Wildman–Crippen MR) is 152 cm³/mol. The van der Waals surface area contributed by atoms with Crippen LogP contribution in [0, 0.1) is 13.8 Å². The van der Waals surface area contributed by atoms with Gasteiger partial charge in [-0.05, 0) is 38.4 Å². The fraction of sp³-hybridized carbons (Fsp3) is 0.500. The topological polar surface area (TPSA) is 144 Å². The molecule has 2 N–H and O–H groups in total. The van der Waals surface area contributed by atoms with Gasteiger partial charge in [-0.3, -0.25) is 19.4 Å². The number of fused-ring (bicyclic) bond motifs is 9. The van der Waals surface area contributed by atoms with E-state index in [2.05, 4.69) is 4.90 Å². The highest BCUT2D eigenvalue weighted by Crippen LogP contribution is 2.63. The molecule has 4 bridgehead atoms. The van der Waals surface area contributed by atoms with Crippen LogP contribution in [0.15, 0.2) is 6.07 Å². The van der Waals surface area contributed by atoms with E-state index in [0.717, 1.165) is 11.1 Å². The summed E-state index contributed by atoms with van der Waals surface area (Å²) in [6.45, 7) is 4.63. The molecule has 43 heavy (non-hydrogen) atoms. The largest absolute Gasteiger partial charge is 0.504 e. The number of phenols is 1. The third-order valence-corrected chi connectivity index (χ3v) is 10.7. The van der Waals surface area contributed by atoms with E-state index < -0.39 is 47.3 Å². The first-order valence-corrected chi connectivity index (χ1v) is 15.1. The number of ketones is 1. The summed E-state index contributed by atoms with van der Waals surface area (Å²) in [6.07, 6.45) is -0.582. The molecule has 6 atom stereocenters. The van der Waals surface area contributed by atoms with E-state index in [0.29, 0.717) is 45.9 Å². The zero-order valence-corrected chi connectivity index (χ0v) is 25.1. The molecule has 5 aliphatic rings. The van der Waals surface area contributed by atoms with E-state index in [1.54, 1.807) is 6.92 Å². The van der Waals surface area contributed by atoms with Crippen molar-refractivity contribution in [3.05, 3.63) is 39.4 Å². The molecule has 2 aromatic rings. The van der Waals surface area contributed by atoms with E-state index in [4.69, 9.17) is 23.7 Å². The number of likely N-dealkylation sites (N-methyl/N-ethyl adjacent to an activating group) is 1. The number of carbonyl (C=O) groups excluding carboxylic acids is 3. The lowest BCUT2D eigenvalue weighted by Crippen LogP contribution is -2.69.